The first-order valence-electron chi connectivity index (χ1n) is 11.2. The lowest BCUT2D eigenvalue weighted by Gasteiger charge is -2.44. The van der Waals surface area contributed by atoms with Crippen LogP contribution in [0.4, 0.5) is 0 Å². The summed E-state index contributed by atoms with van der Waals surface area (Å²) in [6.07, 6.45) is 8.11. The van der Waals surface area contributed by atoms with Gasteiger partial charge in [0.1, 0.15) is 31.7 Å². The van der Waals surface area contributed by atoms with E-state index in [9.17, 15) is 4.79 Å². The van der Waals surface area contributed by atoms with E-state index in [2.05, 4.69) is 39.1 Å². The van der Waals surface area contributed by atoms with E-state index >= 15 is 0 Å². The van der Waals surface area contributed by atoms with Crippen molar-refractivity contribution in [3.8, 4) is 0 Å². The highest BCUT2D eigenvalue weighted by atomic mass is 17.2. The minimum atomic E-state index is -0.511. The van der Waals surface area contributed by atoms with Crippen molar-refractivity contribution in [3.05, 3.63) is 72.7 Å². The highest BCUT2D eigenvalue weighted by Gasteiger charge is 2.46. The summed E-state index contributed by atoms with van der Waals surface area (Å²) in [6.45, 7) is 13.2. The molecule has 1 aliphatic carbocycles. The molecule has 0 bridgehead atoms. The third-order valence-corrected chi connectivity index (χ3v) is 6.61. The van der Waals surface area contributed by atoms with E-state index in [4.69, 9.17) is 24.0 Å². The predicted molar refractivity (Wildman–Crippen MR) is 121 cm³/mol. The summed E-state index contributed by atoms with van der Waals surface area (Å²) in [6, 6.07) is 8.31. The van der Waals surface area contributed by atoms with Crippen LogP contribution in [0, 0.1) is 5.92 Å². The van der Waals surface area contributed by atoms with Gasteiger partial charge in [-0.05, 0) is 48.1 Å². The van der Waals surface area contributed by atoms with Gasteiger partial charge < -0.3 is 19.1 Å². The maximum Gasteiger partial charge on any atom is 0.330 e. The number of benzene rings is 1. The smallest absolute Gasteiger partial charge is 0.330 e. The van der Waals surface area contributed by atoms with Gasteiger partial charge in [0, 0.05) is 6.08 Å². The number of hydrogen-bond acceptors (Lipinski definition) is 6. The summed E-state index contributed by atoms with van der Waals surface area (Å²) < 4.78 is 16.9. The molecule has 0 radical (unpaired) electrons. The van der Waals surface area contributed by atoms with Gasteiger partial charge in [0.05, 0.1) is 6.61 Å². The number of hydrogen-bond donors (Lipinski definition) is 0. The molecule has 3 rings (SSSR count). The van der Waals surface area contributed by atoms with Crippen molar-refractivity contribution in [2.75, 3.05) is 19.8 Å². The molecular formula is C26H34O6. The van der Waals surface area contributed by atoms with Crippen LogP contribution in [0.3, 0.4) is 0 Å². The molecule has 0 atom stereocenters. The molecule has 6 nitrogen and oxygen atoms in total. The lowest BCUT2D eigenvalue weighted by Crippen LogP contribution is -2.43. The van der Waals surface area contributed by atoms with Crippen molar-refractivity contribution in [2.24, 2.45) is 5.92 Å². The van der Waals surface area contributed by atoms with Gasteiger partial charge in [0.25, 0.3) is 0 Å². The van der Waals surface area contributed by atoms with Crippen LogP contribution >= 0.6 is 0 Å². The van der Waals surface area contributed by atoms with Gasteiger partial charge >= 0.3 is 5.97 Å². The van der Waals surface area contributed by atoms with Crippen LogP contribution in [0.5, 0.6) is 0 Å². The van der Waals surface area contributed by atoms with Crippen LogP contribution in [-0.4, -0.2) is 31.4 Å². The Labute approximate surface area is 190 Å². The van der Waals surface area contributed by atoms with Crippen molar-refractivity contribution in [1.82, 2.24) is 0 Å². The zero-order chi connectivity index (χ0) is 23.0. The molecule has 1 fully saturated rings. The van der Waals surface area contributed by atoms with Gasteiger partial charge in [0.15, 0.2) is 0 Å². The van der Waals surface area contributed by atoms with Gasteiger partial charge in [-0.2, -0.15) is 4.89 Å². The van der Waals surface area contributed by atoms with E-state index in [-0.39, 0.29) is 12.0 Å². The molecule has 0 N–H and O–H groups in total. The Kier molecular flexibility index (Phi) is 8.15. The van der Waals surface area contributed by atoms with E-state index in [0.29, 0.717) is 31.5 Å². The number of ether oxygens (including phenoxy) is 3. The summed E-state index contributed by atoms with van der Waals surface area (Å²) in [7, 11) is 0. The van der Waals surface area contributed by atoms with E-state index in [1.165, 1.54) is 11.6 Å². The Hall–Kier alpha value is -2.57. The lowest BCUT2D eigenvalue weighted by molar-refractivity contribution is -0.277. The molecule has 0 aromatic heterocycles. The third-order valence-electron chi connectivity index (χ3n) is 6.61. The second-order valence-electron chi connectivity index (χ2n) is 8.86. The van der Waals surface area contributed by atoms with Crippen molar-refractivity contribution >= 4 is 5.97 Å². The van der Waals surface area contributed by atoms with Crippen LogP contribution in [0.1, 0.15) is 50.7 Å². The van der Waals surface area contributed by atoms with Gasteiger partial charge in [0.2, 0.25) is 5.76 Å². The van der Waals surface area contributed by atoms with Crippen LogP contribution in [0.25, 0.3) is 0 Å². The van der Waals surface area contributed by atoms with Gasteiger partial charge in [-0.3, -0.25) is 0 Å². The summed E-state index contributed by atoms with van der Waals surface area (Å²) in [5.41, 5.74) is 1.70. The minimum Gasteiger partial charge on any atom is -0.495 e. The first-order valence-corrected chi connectivity index (χ1v) is 11.2. The molecule has 0 amide bonds. The van der Waals surface area contributed by atoms with Crippen molar-refractivity contribution < 1.29 is 28.8 Å². The fraction of sp³-hybridized carbons (Fsp3) is 0.500. The Morgan fingerprint density at radius 1 is 1.19 bits per heavy atom. The van der Waals surface area contributed by atoms with E-state index in [1.807, 2.05) is 12.1 Å². The number of esters is 1. The summed E-state index contributed by atoms with van der Waals surface area (Å²) in [5.74, 6) is 0.677. The number of rotatable bonds is 9. The fourth-order valence-electron chi connectivity index (χ4n) is 4.52. The lowest BCUT2D eigenvalue weighted by atomic mass is 9.64. The maximum absolute atomic E-state index is 11.3. The molecule has 1 aromatic rings. The standard InChI is InChI=1S/C26H34O6/c1-5-15-31-32-23-19-28-16-17-30-26(23)13-11-22(12-14-26)25(3,4)21-9-7-20(8-10-21)18-29-24(27)6-2/h5-10,19,22H,1-2,11-18H2,3-4H3. The van der Waals surface area contributed by atoms with E-state index in [0.717, 1.165) is 31.2 Å². The molecule has 1 saturated carbocycles. The molecule has 1 aliphatic heterocycles. The highest BCUT2D eigenvalue weighted by Crippen LogP contribution is 2.47. The second-order valence-corrected chi connectivity index (χ2v) is 8.86. The zero-order valence-electron chi connectivity index (χ0n) is 19.1. The minimum absolute atomic E-state index is 0.0107. The van der Waals surface area contributed by atoms with Crippen LogP contribution in [0.2, 0.25) is 0 Å². The monoisotopic (exact) mass is 442 g/mol. The molecule has 174 valence electrons. The molecular weight excluding hydrogens is 408 g/mol. The molecule has 1 aromatic carbocycles. The van der Waals surface area contributed by atoms with E-state index < -0.39 is 11.6 Å². The highest BCUT2D eigenvalue weighted by molar-refractivity contribution is 5.81. The Morgan fingerprint density at radius 3 is 2.56 bits per heavy atom. The van der Waals surface area contributed by atoms with Crippen LogP contribution in [-0.2, 0) is 40.8 Å². The summed E-state index contributed by atoms with van der Waals surface area (Å²) >= 11 is 0. The summed E-state index contributed by atoms with van der Waals surface area (Å²) in [4.78, 5) is 22.1. The zero-order valence-corrected chi connectivity index (χ0v) is 19.1. The third kappa shape index (κ3) is 5.61. The molecule has 2 aliphatic rings. The molecule has 1 heterocycles. The maximum atomic E-state index is 11.3. The topological polar surface area (TPSA) is 63.2 Å². The van der Waals surface area contributed by atoms with Crippen molar-refractivity contribution in [3.63, 3.8) is 0 Å². The molecule has 6 heteroatoms. The van der Waals surface area contributed by atoms with Gasteiger partial charge in [-0.1, -0.05) is 50.8 Å². The average Bonchev–Trinajstić information content (AvgIpc) is 3.00. The Balaban J connectivity index is 1.65. The summed E-state index contributed by atoms with van der Waals surface area (Å²) in [5, 5.41) is 0. The number of carbonyl (C=O) groups is 1. The number of carbonyl (C=O) groups excluding carboxylic acids is 1. The molecule has 1 spiro atoms. The predicted octanol–water partition coefficient (Wildman–Crippen LogP) is 5.14. The largest absolute Gasteiger partial charge is 0.495 e. The first-order chi connectivity index (χ1) is 15.4. The average molecular weight is 443 g/mol. The van der Waals surface area contributed by atoms with Gasteiger partial charge in [-0.25, -0.2) is 4.79 Å². The van der Waals surface area contributed by atoms with Crippen LogP contribution in [0.15, 0.2) is 61.6 Å². The molecule has 0 saturated heterocycles. The van der Waals surface area contributed by atoms with Crippen LogP contribution < -0.4 is 0 Å². The van der Waals surface area contributed by atoms with Gasteiger partial charge in [-0.15, -0.1) is 6.58 Å². The van der Waals surface area contributed by atoms with E-state index in [1.54, 1.807) is 12.3 Å². The second kappa shape index (κ2) is 10.8. The van der Waals surface area contributed by atoms with Crippen molar-refractivity contribution in [1.29, 1.82) is 0 Å². The Morgan fingerprint density at radius 2 is 1.91 bits per heavy atom. The fourth-order valence-corrected chi connectivity index (χ4v) is 4.52. The SMILES string of the molecule is C=CCOOC1=COCCOC12CCC(C(C)(C)c1ccc(COC(=O)C=C)cc1)CC2. The molecule has 0 unspecified atom stereocenters. The quantitative estimate of drug-likeness (QED) is 0.132. The van der Waals surface area contributed by atoms with Crippen molar-refractivity contribution in [2.45, 2.75) is 57.2 Å². The first kappa shape index (κ1) is 24.1. The molecule has 32 heavy (non-hydrogen) atoms. The Bertz CT molecular complexity index is 815. The normalized spacial score (nSPS) is 23.4.